The predicted molar refractivity (Wildman–Crippen MR) is 133 cm³/mol. The number of H-pyrrole nitrogens is 1. The largest absolute Gasteiger partial charge is 0.491 e. The molecule has 0 radical (unpaired) electrons. The molecule has 0 aliphatic heterocycles. The summed E-state index contributed by atoms with van der Waals surface area (Å²) in [5.41, 5.74) is 1.96. The van der Waals surface area contributed by atoms with Crippen LogP contribution in [0.2, 0.25) is 5.02 Å². The monoisotopic (exact) mass is 478 g/mol. The van der Waals surface area contributed by atoms with Gasteiger partial charge in [-0.2, -0.15) is 0 Å². The first kappa shape index (κ1) is 23.1. The van der Waals surface area contributed by atoms with Crippen LogP contribution in [0.15, 0.2) is 65.5 Å². The molecule has 9 heteroatoms. The molecule has 3 N–H and O–H groups in total. The van der Waals surface area contributed by atoms with Crippen LogP contribution in [0.25, 0.3) is 16.7 Å². The molecule has 0 spiro atoms. The number of carbonyl (C=O) groups excluding carboxylic acids is 2. The predicted octanol–water partition coefficient (Wildman–Crippen LogP) is 4.97. The summed E-state index contributed by atoms with van der Waals surface area (Å²) in [7, 11) is 0. The van der Waals surface area contributed by atoms with E-state index >= 15 is 0 Å². The van der Waals surface area contributed by atoms with E-state index in [1.165, 1.54) is 17.6 Å². The van der Waals surface area contributed by atoms with Crippen molar-refractivity contribution in [1.82, 2.24) is 9.55 Å². The number of pyridine rings is 1. The van der Waals surface area contributed by atoms with E-state index in [0.717, 1.165) is 0 Å². The summed E-state index contributed by atoms with van der Waals surface area (Å²) in [6, 6.07) is 16.7. The van der Waals surface area contributed by atoms with Crippen molar-refractivity contribution in [1.29, 1.82) is 0 Å². The molecule has 0 aliphatic rings. The van der Waals surface area contributed by atoms with E-state index < -0.39 is 5.91 Å². The normalized spacial score (nSPS) is 11.0. The number of fused-ring (bicyclic) bond motifs is 1. The van der Waals surface area contributed by atoms with E-state index in [-0.39, 0.29) is 23.3 Å². The van der Waals surface area contributed by atoms with E-state index in [1.54, 1.807) is 54.6 Å². The minimum atomic E-state index is -0.447. The molecule has 0 bridgehead atoms. The second-order valence-corrected chi connectivity index (χ2v) is 8.39. The van der Waals surface area contributed by atoms with E-state index in [1.807, 2.05) is 13.8 Å². The van der Waals surface area contributed by atoms with Crippen molar-refractivity contribution in [3.05, 3.63) is 81.7 Å². The molecular weight excluding hydrogens is 456 g/mol. The maximum absolute atomic E-state index is 13.0. The molecule has 0 atom stereocenters. The molecule has 2 heterocycles. The van der Waals surface area contributed by atoms with Crippen molar-refractivity contribution in [3.63, 3.8) is 0 Å². The lowest BCUT2D eigenvalue weighted by atomic mass is 10.2. The zero-order valence-corrected chi connectivity index (χ0v) is 19.6. The lowest BCUT2D eigenvalue weighted by molar-refractivity contribution is -0.114. The van der Waals surface area contributed by atoms with Gasteiger partial charge in [0.2, 0.25) is 5.91 Å². The number of anilines is 2. The molecule has 0 aliphatic carbocycles. The van der Waals surface area contributed by atoms with Crippen LogP contribution in [0.1, 0.15) is 31.3 Å². The maximum Gasteiger partial charge on any atom is 0.272 e. The Balaban J connectivity index is 1.66. The number of aromatic nitrogens is 2. The number of carbonyl (C=O) groups is 2. The van der Waals surface area contributed by atoms with Crippen LogP contribution in [-0.2, 0) is 4.79 Å². The Morgan fingerprint density at radius 3 is 2.41 bits per heavy atom. The molecule has 2 amide bonds. The number of aromatic amines is 1. The number of hydrogen-bond donors (Lipinski definition) is 3. The first-order valence-electron chi connectivity index (χ1n) is 10.6. The van der Waals surface area contributed by atoms with Crippen molar-refractivity contribution >= 4 is 45.8 Å². The van der Waals surface area contributed by atoms with Gasteiger partial charge in [-0.25, -0.2) is 0 Å². The lowest BCUT2D eigenvalue weighted by Crippen LogP contribution is -2.18. The molecule has 8 nitrogen and oxygen atoms in total. The maximum atomic E-state index is 13.0. The second kappa shape index (κ2) is 9.44. The first-order valence-corrected chi connectivity index (χ1v) is 11.0. The molecule has 0 saturated heterocycles. The number of hydrogen-bond acceptors (Lipinski definition) is 4. The van der Waals surface area contributed by atoms with E-state index in [0.29, 0.717) is 38.9 Å². The number of halogens is 1. The van der Waals surface area contributed by atoms with Gasteiger partial charge in [0.25, 0.3) is 11.5 Å². The summed E-state index contributed by atoms with van der Waals surface area (Å²) < 4.78 is 7.17. The first-order chi connectivity index (χ1) is 16.2. The minimum absolute atomic E-state index is 0.0360. The third kappa shape index (κ3) is 4.97. The Bertz CT molecular complexity index is 1440. The number of nitrogens with zero attached hydrogens (tertiary/aromatic N) is 1. The van der Waals surface area contributed by atoms with Gasteiger partial charge >= 0.3 is 0 Å². The summed E-state index contributed by atoms with van der Waals surface area (Å²) in [5, 5.41) is 6.40. The van der Waals surface area contributed by atoms with Gasteiger partial charge in [0.1, 0.15) is 17.1 Å². The third-order valence-corrected chi connectivity index (χ3v) is 5.25. The molecular formula is C25H23ClN4O4. The SMILES string of the molecule is CC(=O)Nc1ccc(Cl)c(NC(=O)c2cc3ccc(=O)n(-c4ccc(OC(C)C)cc4)c3[nH]2)c1. The quantitative estimate of drug-likeness (QED) is 0.364. The fourth-order valence-corrected chi connectivity index (χ4v) is 3.70. The number of rotatable bonds is 6. The molecule has 0 saturated carbocycles. The van der Waals surface area contributed by atoms with Crippen molar-refractivity contribution in [2.45, 2.75) is 26.9 Å². The average molecular weight is 479 g/mol. The Morgan fingerprint density at radius 2 is 1.74 bits per heavy atom. The lowest BCUT2D eigenvalue weighted by Gasteiger charge is -2.11. The zero-order chi connectivity index (χ0) is 24.4. The number of nitrogens with one attached hydrogen (secondary N) is 3. The highest BCUT2D eigenvalue weighted by atomic mass is 35.5. The molecule has 4 rings (SSSR count). The molecule has 2 aromatic carbocycles. The Hall–Kier alpha value is -4.04. The summed E-state index contributed by atoms with van der Waals surface area (Å²) >= 11 is 6.22. The van der Waals surface area contributed by atoms with Gasteiger partial charge in [0.15, 0.2) is 0 Å². The smallest absolute Gasteiger partial charge is 0.272 e. The standard InChI is InChI=1S/C25H23ClN4O4/c1-14(2)34-19-8-6-18(7-9-19)30-23(32)11-4-16-12-22(28-24(16)30)25(33)29-21-13-17(27-15(3)31)5-10-20(21)26/h4-14,28H,1-3H3,(H,27,31)(H,29,33). The van der Waals surface area contributed by atoms with Crippen LogP contribution in [0.3, 0.4) is 0 Å². The molecule has 0 fully saturated rings. The summed E-state index contributed by atoms with van der Waals surface area (Å²) in [6.45, 7) is 5.27. The molecule has 174 valence electrons. The van der Waals surface area contributed by atoms with Crippen molar-refractivity contribution in [2.75, 3.05) is 10.6 Å². The third-order valence-electron chi connectivity index (χ3n) is 4.92. The highest BCUT2D eigenvalue weighted by Gasteiger charge is 2.15. The summed E-state index contributed by atoms with van der Waals surface area (Å²) in [5.74, 6) is 0.0126. The average Bonchev–Trinajstić information content (AvgIpc) is 3.20. The summed E-state index contributed by atoms with van der Waals surface area (Å²) in [6.07, 6.45) is 0.0360. The molecule has 2 aromatic heterocycles. The van der Waals surface area contributed by atoms with Crippen molar-refractivity contribution in [3.8, 4) is 11.4 Å². The molecule has 4 aromatic rings. The molecule has 34 heavy (non-hydrogen) atoms. The summed E-state index contributed by atoms with van der Waals surface area (Å²) in [4.78, 5) is 40.0. The number of ether oxygens (including phenoxy) is 1. The Morgan fingerprint density at radius 1 is 1.00 bits per heavy atom. The van der Waals surface area contributed by atoms with Gasteiger partial charge in [0, 0.05) is 24.1 Å². The van der Waals surface area contributed by atoms with Crippen LogP contribution in [0.4, 0.5) is 11.4 Å². The Labute approximate surface area is 200 Å². The number of amides is 2. The van der Waals surface area contributed by atoms with Crippen LogP contribution >= 0.6 is 11.6 Å². The van der Waals surface area contributed by atoms with Gasteiger partial charge in [-0.3, -0.25) is 19.0 Å². The van der Waals surface area contributed by atoms with Crippen LogP contribution in [0, 0.1) is 0 Å². The van der Waals surface area contributed by atoms with Crippen LogP contribution in [0.5, 0.6) is 5.75 Å². The van der Waals surface area contributed by atoms with Crippen molar-refractivity contribution in [2.24, 2.45) is 0 Å². The van der Waals surface area contributed by atoms with Crippen molar-refractivity contribution < 1.29 is 14.3 Å². The van der Waals surface area contributed by atoms with Crippen LogP contribution < -0.4 is 20.9 Å². The van der Waals surface area contributed by atoms with Gasteiger partial charge in [-0.05, 0) is 68.4 Å². The second-order valence-electron chi connectivity index (χ2n) is 7.98. The van der Waals surface area contributed by atoms with Gasteiger partial charge in [0.05, 0.1) is 22.5 Å². The van der Waals surface area contributed by atoms with E-state index in [2.05, 4.69) is 15.6 Å². The van der Waals surface area contributed by atoms with Gasteiger partial charge < -0.3 is 20.4 Å². The minimum Gasteiger partial charge on any atom is -0.491 e. The molecule has 0 unspecified atom stereocenters. The van der Waals surface area contributed by atoms with Gasteiger partial charge in [-0.1, -0.05) is 11.6 Å². The van der Waals surface area contributed by atoms with Gasteiger partial charge in [-0.15, -0.1) is 0 Å². The highest BCUT2D eigenvalue weighted by molar-refractivity contribution is 6.34. The fourth-order valence-electron chi connectivity index (χ4n) is 3.53. The topological polar surface area (TPSA) is 105 Å². The zero-order valence-electron chi connectivity index (χ0n) is 18.8. The highest BCUT2D eigenvalue weighted by Crippen LogP contribution is 2.27. The van der Waals surface area contributed by atoms with E-state index in [4.69, 9.17) is 16.3 Å². The number of benzene rings is 2. The van der Waals surface area contributed by atoms with E-state index in [9.17, 15) is 14.4 Å². The Kier molecular flexibility index (Phi) is 6.43. The fraction of sp³-hybridized carbons (Fsp3) is 0.160. The van der Waals surface area contributed by atoms with Crippen LogP contribution in [-0.4, -0.2) is 27.5 Å².